The summed E-state index contributed by atoms with van der Waals surface area (Å²) in [6.45, 7) is 2.71. The highest BCUT2D eigenvalue weighted by Crippen LogP contribution is 2.30. The fourth-order valence-corrected chi connectivity index (χ4v) is 2.74. The van der Waals surface area contributed by atoms with E-state index < -0.39 is 0 Å². The summed E-state index contributed by atoms with van der Waals surface area (Å²) in [5.74, 6) is 5.80. The van der Waals surface area contributed by atoms with Gasteiger partial charge in [0, 0.05) is 6.61 Å². The van der Waals surface area contributed by atoms with Gasteiger partial charge in [-0.25, -0.2) is 0 Å². The Labute approximate surface area is 115 Å². The van der Waals surface area contributed by atoms with Crippen LogP contribution in [0.15, 0.2) is 42.0 Å². The molecule has 0 heterocycles. The molecule has 1 aliphatic carbocycles. The van der Waals surface area contributed by atoms with E-state index in [-0.39, 0.29) is 12.1 Å². The molecule has 0 amide bonds. The van der Waals surface area contributed by atoms with Gasteiger partial charge in [0.1, 0.15) is 6.10 Å². The maximum absolute atomic E-state index is 5.95. The molecule has 2 unspecified atom stereocenters. The van der Waals surface area contributed by atoms with Crippen LogP contribution in [0.3, 0.4) is 0 Å². The van der Waals surface area contributed by atoms with Crippen LogP contribution in [0.2, 0.25) is 0 Å². The number of hydrogen-bond acceptors (Lipinski definition) is 3. The summed E-state index contributed by atoms with van der Waals surface area (Å²) >= 11 is 0. The normalized spacial score (nSPS) is 18.7. The van der Waals surface area contributed by atoms with Crippen molar-refractivity contribution in [3.63, 3.8) is 0 Å². The lowest BCUT2D eigenvalue weighted by Crippen LogP contribution is -2.42. The first-order valence-corrected chi connectivity index (χ1v) is 7.18. The highest BCUT2D eigenvalue weighted by Gasteiger charge is 2.26. The van der Waals surface area contributed by atoms with E-state index in [1.807, 2.05) is 25.1 Å². The molecule has 104 valence electrons. The van der Waals surface area contributed by atoms with E-state index in [2.05, 4.69) is 23.6 Å². The van der Waals surface area contributed by atoms with Crippen molar-refractivity contribution in [1.29, 1.82) is 0 Å². The molecular weight excluding hydrogens is 236 g/mol. The number of ether oxygens (including phenoxy) is 1. The molecule has 1 aromatic rings. The Kier molecular flexibility index (Phi) is 5.58. The van der Waals surface area contributed by atoms with Crippen LogP contribution in [0.4, 0.5) is 0 Å². The van der Waals surface area contributed by atoms with Gasteiger partial charge in [0.05, 0.1) is 6.04 Å². The van der Waals surface area contributed by atoms with Crippen LogP contribution in [0, 0.1) is 0 Å². The summed E-state index contributed by atoms with van der Waals surface area (Å²) < 4.78 is 5.95. The van der Waals surface area contributed by atoms with E-state index in [9.17, 15) is 0 Å². The summed E-state index contributed by atoms with van der Waals surface area (Å²) in [6.07, 6.45) is 7.11. The molecule has 2 rings (SSSR count). The topological polar surface area (TPSA) is 47.3 Å². The molecule has 0 bridgehead atoms. The van der Waals surface area contributed by atoms with Crippen molar-refractivity contribution in [2.75, 3.05) is 6.61 Å². The van der Waals surface area contributed by atoms with Gasteiger partial charge in [0.25, 0.3) is 0 Å². The van der Waals surface area contributed by atoms with E-state index in [0.717, 1.165) is 12.8 Å². The summed E-state index contributed by atoms with van der Waals surface area (Å²) in [7, 11) is 0. The Bertz CT molecular complexity index is 402. The molecule has 1 aliphatic rings. The van der Waals surface area contributed by atoms with Crippen LogP contribution in [0.1, 0.15) is 44.3 Å². The first-order valence-electron chi connectivity index (χ1n) is 7.18. The standard InChI is InChI=1S/C16H24N2O/c1-2-19-16(14-11-7-4-8-12-14)15(18-17)13-9-5-3-6-10-13/h4,7-9,11-12,15-16,18H,2-3,5-6,10,17H2,1H3. The first-order chi connectivity index (χ1) is 9.36. The zero-order valence-electron chi connectivity index (χ0n) is 11.6. The molecular formula is C16H24N2O. The number of rotatable bonds is 6. The Morgan fingerprint density at radius 2 is 2.05 bits per heavy atom. The van der Waals surface area contributed by atoms with Crippen molar-refractivity contribution < 1.29 is 4.74 Å². The lowest BCUT2D eigenvalue weighted by Gasteiger charge is -2.30. The average molecular weight is 260 g/mol. The molecule has 0 radical (unpaired) electrons. The molecule has 0 aromatic heterocycles. The Morgan fingerprint density at radius 3 is 2.63 bits per heavy atom. The van der Waals surface area contributed by atoms with Crippen LogP contribution in [0.5, 0.6) is 0 Å². The fourth-order valence-electron chi connectivity index (χ4n) is 2.74. The number of nitrogens with one attached hydrogen (secondary N) is 1. The fraction of sp³-hybridized carbons (Fsp3) is 0.500. The van der Waals surface area contributed by atoms with Gasteiger partial charge < -0.3 is 4.74 Å². The van der Waals surface area contributed by atoms with Gasteiger partial charge in [0.2, 0.25) is 0 Å². The summed E-state index contributed by atoms with van der Waals surface area (Å²) in [4.78, 5) is 0. The van der Waals surface area contributed by atoms with Gasteiger partial charge in [-0.3, -0.25) is 11.3 Å². The van der Waals surface area contributed by atoms with Gasteiger partial charge in [-0.15, -0.1) is 0 Å². The van der Waals surface area contributed by atoms with Crippen molar-refractivity contribution >= 4 is 0 Å². The zero-order valence-corrected chi connectivity index (χ0v) is 11.6. The minimum atomic E-state index is -0.0134. The molecule has 0 spiro atoms. The van der Waals surface area contributed by atoms with Gasteiger partial charge in [-0.1, -0.05) is 42.0 Å². The zero-order chi connectivity index (χ0) is 13.5. The summed E-state index contributed by atoms with van der Waals surface area (Å²) in [5, 5.41) is 0. The Hall–Kier alpha value is -1.16. The van der Waals surface area contributed by atoms with Crippen molar-refractivity contribution in [3.8, 4) is 0 Å². The van der Waals surface area contributed by atoms with E-state index in [1.54, 1.807) is 0 Å². The van der Waals surface area contributed by atoms with E-state index >= 15 is 0 Å². The monoisotopic (exact) mass is 260 g/mol. The minimum Gasteiger partial charge on any atom is -0.372 e. The average Bonchev–Trinajstić information content (AvgIpc) is 2.49. The molecule has 0 aliphatic heterocycles. The van der Waals surface area contributed by atoms with Crippen LogP contribution >= 0.6 is 0 Å². The van der Waals surface area contributed by atoms with Gasteiger partial charge in [-0.2, -0.15) is 0 Å². The second-order valence-electron chi connectivity index (χ2n) is 4.96. The third kappa shape index (κ3) is 3.66. The number of benzene rings is 1. The number of nitrogens with two attached hydrogens (primary N) is 1. The number of allylic oxidation sites excluding steroid dienone is 1. The quantitative estimate of drug-likeness (QED) is 0.469. The lowest BCUT2D eigenvalue weighted by molar-refractivity contribution is 0.0411. The third-order valence-electron chi connectivity index (χ3n) is 3.68. The van der Waals surface area contributed by atoms with Crippen LogP contribution in [0.25, 0.3) is 0 Å². The highest BCUT2D eigenvalue weighted by atomic mass is 16.5. The molecule has 1 aromatic carbocycles. The summed E-state index contributed by atoms with van der Waals surface area (Å²) in [5.41, 5.74) is 5.53. The molecule has 19 heavy (non-hydrogen) atoms. The Morgan fingerprint density at radius 1 is 1.26 bits per heavy atom. The summed E-state index contributed by atoms with van der Waals surface area (Å²) in [6, 6.07) is 10.4. The van der Waals surface area contributed by atoms with Gasteiger partial charge >= 0.3 is 0 Å². The van der Waals surface area contributed by atoms with Crippen LogP contribution in [-0.2, 0) is 4.74 Å². The van der Waals surface area contributed by atoms with E-state index in [4.69, 9.17) is 10.6 Å². The SMILES string of the molecule is CCOC(c1ccccc1)C(NN)C1=CCCCC1. The molecule has 2 atom stereocenters. The molecule has 0 saturated carbocycles. The predicted molar refractivity (Wildman–Crippen MR) is 78.5 cm³/mol. The molecule has 3 N–H and O–H groups in total. The second kappa shape index (κ2) is 7.43. The molecule has 0 fully saturated rings. The van der Waals surface area contributed by atoms with Crippen molar-refractivity contribution in [2.45, 2.75) is 44.8 Å². The van der Waals surface area contributed by atoms with Crippen LogP contribution in [-0.4, -0.2) is 12.6 Å². The van der Waals surface area contributed by atoms with Gasteiger partial charge in [-0.05, 0) is 38.2 Å². The van der Waals surface area contributed by atoms with Crippen molar-refractivity contribution in [3.05, 3.63) is 47.5 Å². The minimum absolute atomic E-state index is 0.0134. The van der Waals surface area contributed by atoms with Crippen molar-refractivity contribution in [2.24, 2.45) is 5.84 Å². The first kappa shape index (κ1) is 14.3. The van der Waals surface area contributed by atoms with E-state index in [1.165, 1.54) is 24.0 Å². The number of hydrazine groups is 1. The molecule has 0 saturated heterocycles. The van der Waals surface area contributed by atoms with Crippen molar-refractivity contribution in [1.82, 2.24) is 5.43 Å². The van der Waals surface area contributed by atoms with Crippen LogP contribution < -0.4 is 11.3 Å². The maximum atomic E-state index is 5.95. The number of hydrogen-bond donors (Lipinski definition) is 2. The smallest absolute Gasteiger partial charge is 0.103 e. The predicted octanol–water partition coefficient (Wildman–Crippen LogP) is 3.10. The lowest BCUT2D eigenvalue weighted by atomic mass is 9.89. The third-order valence-corrected chi connectivity index (χ3v) is 3.68. The molecule has 3 nitrogen and oxygen atoms in total. The largest absolute Gasteiger partial charge is 0.372 e. The maximum Gasteiger partial charge on any atom is 0.103 e. The highest BCUT2D eigenvalue weighted by molar-refractivity contribution is 5.25. The Balaban J connectivity index is 2.23. The molecule has 3 heteroatoms. The van der Waals surface area contributed by atoms with E-state index in [0.29, 0.717) is 6.61 Å². The second-order valence-corrected chi connectivity index (χ2v) is 4.96. The van der Waals surface area contributed by atoms with Gasteiger partial charge in [0.15, 0.2) is 0 Å².